The lowest BCUT2D eigenvalue weighted by Crippen LogP contribution is -2.04. The number of esters is 1. The van der Waals surface area contributed by atoms with Gasteiger partial charge in [0.2, 0.25) is 5.76 Å². The van der Waals surface area contributed by atoms with E-state index in [9.17, 15) is 4.79 Å². The van der Waals surface area contributed by atoms with Gasteiger partial charge in [-0.2, -0.15) is 0 Å². The molecule has 0 aliphatic rings. The monoisotopic (exact) mass is 376 g/mol. The molecule has 0 unspecified atom stereocenters. The van der Waals surface area contributed by atoms with Gasteiger partial charge in [-0.25, -0.2) is 4.79 Å². The standard InChI is InChI=1S/C19H14Cl2O4/c20-15-6-2-1-5-13(15)11-24-19(22)18-10-9-14(25-18)12-23-17-8-4-3-7-16(17)21/h1-10H,11-12H2. The van der Waals surface area contributed by atoms with Crippen LogP contribution >= 0.6 is 23.2 Å². The third-order valence-electron chi connectivity index (χ3n) is 3.39. The predicted octanol–water partition coefficient (Wildman–Crippen LogP) is 5.52. The number of halogens is 2. The van der Waals surface area contributed by atoms with Crippen molar-refractivity contribution in [3.8, 4) is 5.75 Å². The summed E-state index contributed by atoms with van der Waals surface area (Å²) in [6.07, 6.45) is 0. The smallest absolute Gasteiger partial charge is 0.374 e. The Kier molecular flexibility index (Phi) is 5.64. The number of hydrogen-bond acceptors (Lipinski definition) is 4. The highest BCUT2D eigenvalue weighted by Crippen LogP contribution is 2.24. The van der Waals surface area contributed by atoms with Gasteiger partial charge in [0.1, 0.15) is 24.7 Å². The second-order valence-electron chi connectivity index (χ2n) is 5.15. The number of carbonyl (C=O) groups excluding carboxylic acids is 1. The Morgan fingerprint density at radius 1 is 0.880 bits per heavy atom. The maximum Gasteiger partial charge on any atom is 0.374 e. The fourth-order valence-corrected chi connectivity index (χ4v) is 2.49. The third kappa shape index (κ3) is 4.56. The van der Waals surface area contributed by atoms with E-state index in [2.05, 4.69) is 0 Å². The minimum atomic E-state index is -0.566. The van der Waals surface area contributed by atoms with Gasteiger partial charge in [-0.15, -0.1) is 0 Å². The fourth-order valence-electron chi connectivity index (χ4n) is 2.11. The first-order chi connectivity index (χ1) is 12.1. The van der Waals surface area contributed by atoms with Crippen LogP contribution in [0, 0.1) is 0 Å². The molecule has 2 aromatic carbocycles. The molecule has 0 N–H and O–H groups in total. The molecule has 0 saturated heterocycles. The van der Waals surface area contributed by atoms with Gasteiger partial charge in [0, 0.05) is 10.6 Å². The van der Waals surface area contributed by atoms with Crippen LogP contribution < -0.4 is 4.74 Å². The molecule has 6 heteroatoms. The second-order valence-corrected chi connectivity index (χ2v) is 5.97. The van der Waals surface area contributed by atoms with Crippen molar-refractivity contribution in [3.05, 3.63) is 87.8 Å². The molecule has 1 heterocycles. The van der Waals surface area contributed by atoms with Crippen LogP contribution in [0.3, 0.4) is 0 Å². The Morgan fingerprint density at radius 2 is 1.60 bits per heavy atom. The normalized spacial score (nSPS) is 10.5. The molecule has 0 fully saturated rings. The van der Waals surface area contributed by atoms with E-state index in [1.807, 2.05) is 24.3 Å². The van der Waals surface area contributed by atoms with Crippen LogP contribution in [-0.4, -0.2) is 5.97 Å². The van der Waals surface area contributed by atoms with Crippen molar-refractivity contribution >= 4 is 29.2 Å². The molecule has 0 saturated carbocycles. The molecule has 128 valence electrons. The molecule has 3 aromatic rings. The van der Waals surface area contributed by atoms with E-state index in [0.717, 1.165) is 5.56 Å². The largest absolute Gasteiger partial charge is 0.484 e. The SMILES string of the molecule is O=C(OCc1ccccc1Cl)c1ccc(COc2ccccc2Cl)o1. The zero-order valence-electron chi connectivity index (χ0n) is 13.1. The van der Waals surface area contributed by atoms with Crippen LogP contribution in [0.4, 0.5) is 0 Å². The van der Waals surface area contributed by atoms with E-state index in [1.165, 1.54) is 0 Å². The van der Waals surface area contributed by atoms with E-state index < -0.39 is 5.97 Å². The number of carbonyl (C=O) groups is 1. The molecule has 0 amide bonds. The molecule has 0 spiro atoms. The summed E-state index contributed by atoms with van der Waals surface area (Å²) >= 11 is 12.0. The second kappa shape index (κ2) is 8.10. The lowest BCUT2D eigenvalue weighted by atomic mass is 10.2. The van der Waals surface area contributed by atoms with Crippen molar-refractivity contribution in [2.45, 2.75) is 13.2 Å². The van der Waals surface area contributed by atoms with Crippen LogP contribution in [0.1, 0.15) is 21.9 Å². The van der Waals surface area contributed by atoms with Gasteiger partial charge < -0.3 is 13.9 Å². The molecule has 0 radical (unpaired) electrons. The number of ether oxygens (including phenoxy) is 2. The Hall–Kier alpha value is -2.43. The summed E-state index contributed by atoms with van der Waals surface area (Å²) in [4.78, 5) is 12.1. The molecule has 1 aromatic heterocycles. The minimum absolute atomic E-state index is 0.0741. The van der Waals surface area contributed by atoms with Gasteiger partial charge in [-0.05, 0) is 30.3 Å². The van der Waals surface area contributed by atoms with E-state index in [-0.39, 0.29) is 19.0 Å². The van der Waals surface area contributed by atoms with Crippen molar-refractivity contribution in [1.82, 2.24) is 0 Å². The first kappa shape index (κ1) is 17.4. The topological polar surface area (TPSA) is 48.7 Å². The molecule has 0 bridgehead atoms. The highest BCUT2D eigenvalue weighted by Gasteiger charge is 2.14. The molecule has 0 atom stereocenters. The number of benzene rings is 2. The number of para-hydroxylation sites is 1. The molecule has 3 rings (SSSR count). The van der Waals surface area contributed by atoms with Crippen molar-refractivity contribution in [2.24, 2.45) is 0 Å². The molecule has 4 nitrogen and oxygen atoms in total. The molecular weight excluding hydrogens is 363 g/mol. The number of rotatable bonds is 6. The number of furan rings is 1. The molecule has 0 aliphatic carbocycles. The Bertz CT molecular complexity index is 873. The van der Waals surface area contributed by atoms with Gasteiger partial charge in [0.05, 0.1) is 5.02 Å². The third-order valence-corrected chi connectivity index (χ3v) is 4.07. The zero-order chi connectivity index (χ0) is 17.6. The van der Waals surface area contributed by atoms with Crippen molar-refractivity contribution < 1.29 is 18.7 Å². The summed E-state index contributed by atoms with van der Waals surface area (Å²) in [5.74, 6) is 0.571. The first-order valence-electron chi connectivity index (χ1n) is 7.50. The lowest BCUT2D eigenvalue weighted by molar-refractivity contribution is 0.0432. The fraction of sp³-hybridized carbons (Fsp3) is 0.105. The van der Waals surface area contributed by atoms with Crippen LogP contribution in [0.5, 0.6) is 5.75 Å². The predicted molar refractivity (Wildman–Crippen MR) is 95.1 cm³/mol. The summed E-state index contributed by atoms with van der Waals surface area (Å²) < 4.78 is 16.2. The Labute approximate surface area is 154 Å². The lowest BCUT2D eigenvalue weighted by Gasteiger charge is -2.06. The van der Waals surface area contributed by atoms with Gasteiger partial charge in [-0.1, -0.05) is 53.5 Å². The minimum Gasteiger partial charge on any atom is -0.484 e. The highest BCUT2D eigenvalue weighted by atomic mass is 35.5. The van der Waals surface area contributed by atoms with Crippen molar-refractivity contribution in [2.75, 3.05) is 0 Å². The van der Waals surface area contributed by atoms with E-state index in [1.54, 1.807) is 36.4 Å². The molecule has 0 aliphatic heterocycles. The van der Waals surface area contributed by atoms with Gasteiger partial charge in [0.15, 0.2) is 0 Å². The van der Waals surface area contributed by atoms with Gasteiger partial charge >= 0.3 is 5.97 Å². The van der Waals surface area contributed by atoms with E-state index in [0.29, 0.717) is 21.6 Å². The first-order valence-corrected chi connectivity index (χ1v) is 8.25. The van der Waals surface area contributed by atoms with Gasteiger partial charge in [0.25, 0.3) is 0 Å². The van der Waals surface area contributed by atoms with Crippen LogP contribution in [0.15, 0.2) is 65.1 Å². The molecular formula is C19H14Cl2O4. The Morgan fingerprint density at radius 3 is 2.36 bits per heavy atom. The van der Waals surface area contributed by atoms with Crippen molar-refractivity contribution in [1.29, 1.82) is 0 Å². The molecule has 25 heavy (non-hydrogen) atoms. The maximum absolute atomic E-state index is 12.1. The zero-order valence-corrected chi connectivity index (χ0v) is 14.6. The summed E-state index contributed by atoms with van der Waals surface area (Å²) in [5.41, 5.74) is 0.728. The van der Waals surface area contributed by atoms with Gasteiger partial charge in [-0.3, -0.25) is 0 Å². The summed E-state index contributed by atoms with van der Waals surface area (Å²) in [6, 6.07) is 17.5. The van der Waals surface area contributed by atoms with Crippen molar-refractivity contribution in [3.63, 3.8) is 0 Å². The quantitative estimate of drug-likeness (QED) is 0.531. The van der Waals surface area contributed by atoms with Crippen LogP contribution in [0.25, 0.3) is 0 Å². The van der Waals surface area contributed by atoms with Crippen LogP contribution in [-0.2, 0) is 18.0 Å². The Balaban J connectivity index is 1.56. The average Bonchev–Trinajstić information content (AvgIpc) is 3.09. The van der Waals surface area contributed by atoms with E-state index >= 15 is 0 Å². The average molecular weight is 377 g/mol. The summed E-state index contributed by atoms with van der Waals surface area (Å²) in [6.45, 7) is 0.228. The number of hydrogen-bond donors (Lipinski definition) is 0. The summed E-state index contributed by atoms with van der Waals surface area (Å²) in [5, 5.41) is 1.05. The summed E-state index contributed by atoms with van der Waals surface area (Å²) in [7, 11) is 0. The maximum atomic E-state index is 12.1. The van der Waals surface area contributed by atoms with Crippen LogP contribution in [0.2, 0.25) is 10.0 Å². The highest BCUT2D eigenvalue weighted by molar-refractivity contribution is 6.32. The van der Waals surface area contributed by atoms with E-state index in [4.69, 9.17) is 37.1 Å².